The number of hydrogen-bond donors (Lipinski definition) is 1. The van der Waals surface area contributed by atoms with Crippen LogP contribution in [0.4, 0.5) is 0 Å². The number of ether oxygens (including phenoxy) is 2. The quantitative estimate of drug-likeness (QED) is 0.900. The lowest BCUT2D eigenvalue weighted by Gasteiger charge is -2.33. The fourth-order valence-corrected chi connectivity index (χ4v) is 4.30. The standard InChI is InChI=1S/C18H21NO5/c20-17(12-5-6-15-16(10-12)24-8-7-23-15)19-13-4-2-1-3-11(13)9-14(19)18(21)22/h5-6,10-11,13-14H,1-4,7-9H2,(H,21,22)/t11-,13-,14-/m0/s1. The van der Waals surface area contributed by atoms with Crippen molar-refractivity contribution in [1.29, 1.82) is 0 Å². The molecule has 24 heavy (non-hydrogen) atoms. The highest BCUT2D eigenvalue weighted by molar-refractivity contribution is 5.98. The number of benzene rings is 1. The summed E-state index contributed by atoms with van der Waals surface area (Å²) in [6.07, 6.45) is 4.65. The summed E-state index contributed by atoms with van der Waals surface area (Å²) < 4.78 is 11.0. The van der Waals surface area contributed by atoms with Gasteiger partial charge in [0, 0.05) is 11.6 Å². The van der Waals surface area contributed by atoms with Crippen molar-refractivity contribution in [3.8, 4) is 11.5 Å². The van der Waals surface area contributed by atoms with E-state index < -0.39 is 12.0 Å². The fraction of sp³-hybridized carbons (Fsp3) is 0.556. The maximum Gasteiger partial charge on any atom is 0.326 e. The number of rotatable bonds is 2. The Hall–Kier alpha value is -2.24. The van der Waals surface area contributed by atoms with Crippen LogP contribution in [0.15, 0.2) is 18.2 Å². The van der Waals surface area contributed by atoms with E-state index in [0.717, 1.165) is 25.7 Å². The van der Waals surface area contributed by atoms with Crippen LogP contribution in [0.3, 0.4) is 0 Å². The SMILES string of the molecule is O=C(O)[C@@H]1C[C@@H]2CCCC[C@@H]2N1C(=O)c1ccc2c(c1)OCCO2. The van der Waals surface area contributed by atoms with Crippen LogP contribution in [0.2, 0.25) is 0 Å². The van der Waals surface area contributed by atoms with Gasteiger partial charge in [0.05, 0.1) is 0 Å². The van der Waals surface area contributed by atoms with Gasteiger partial charge in [-0.15, -0.1) is 0 Å². The summed E-state index contributed by atoms with van der Waals surface area (Å²) in [5.41, 5.74) is 0.469. The fourth-order valence-electron chi connectivity index (χ4n) is 4.30. The first-order chi connectivity index (χ1) is 11.6. The van der Waals surface area contributed by atoms with Crippen molar-refractivity contribution in [3.05, 3.63) is 23.8 Å². The predicted molar refractivity (Wildman–Crippen MR) is 85.4 cm³/mol. The molecule has 0 radical (unpaired) electrons. The maximum atomic E-state index is 13.1. The summed E-state index contributed by atoms with van der Waals surface area (Å²) in [6.45, 7) is 0.952. The first-order valence-electron chi connectivity index (χ1n) is 8.60. The third-order valence-electron chi connectivity index (χ3n) is 5.40. The van der Waals surface area contributed by atoms with Gasteiger partial charge < -0.3 is 19.5 Å². The zero-order chi connectivity index (χ0) is 16.7. The number of carboxylic acids is 1. The number of likely N-dealkylation sites (tertiary alicyclic amines) is 1. The number of carboxylic acid groups (broad SMARTS) is 1. The summed E-state index contributed by atoms with van der Waals surface area (Å²) in [4.78, 5) is 26.4. The number of carbonyl (C=O) groups is 2. The summed E-state index contributed by atoms with van der Waals surface area (Å²) in [6, 6.07) is 4.42. The largest absolute Gasteiger partial charge is 0.486 e. The van der Waals surface area contributed by atoms with Gasteiger partial charge in [-0.2, -0.15) is 0 Å². The molecule has 4 rings (SSSR count). The molecule has 0 bridgehead atoms. The molecule has 3 aliphatic rings. The molecule has 128 valence electrons. The molecule has 1 aromatic carbocycles. The summed E-state index contributed by atoms with van der Waals surface area (Å²) in [5, 5.41) is 9.58. The Morgan fingerprint density at radius 2 is 1.83 bits per heavy atom. The molecule has 0 unspecified atom stereocenters. The second-order valence-electron chi connectivity index (χ2n) is 6.77. The van der Waals surface area contributed by atoms with Crippen LogP contribution < -0.4 is 9.47 Å². The second kappa shape index (κ2) is 6.00. The summed E-state index contributed by atoms with van der Waals surface area (Å²) in [7, 11) is 0. The molecule has 1 aliphatic carbocycles. The van der Waals surface area contributed by atoms with Crippen molar-refractivity contribution in [1.82, 2.24) is 4.90 Å². The van der Waals surface area contributed by atoms with E-state index in [1.54, 1.807) is 23.1 Å². The number of fused-ring (bicyclic) bond motifs is 2. The number of aliphatic carboxylic acids is 1. The van der Waals surface area contributed by atoms with Gasteiger partial charge in [0.15, 0.2) is 11.5 Å². The van der Waals surface area contributed by atoms with Crippen molar-refractivity contribution >= 4 is 11.9 Å². The molecule has 1 saturated heterocycles. The zero-order valence-corrected chi connectivity index (χ0v) is 13.4. The van der Waals surface area contributed by atoms with Crippen LogP contribution in [-0.2, 0) is 4.79 Å². The minimum Gasteiger partial charge on any atom is -0.486 e. The average Bonchev–Trinajstić information content (AvgIpc) is 3.00. The van der Waals surface area contributed by atoms with E-state index in [-0.39, 0.29) is 11.9 Å². The molecular formula is C18H21NO5. The Bertz CT molecular complexity index is 673. The lowest BCUT2D eigenvalue weighted by atomic mass is 9.84. The van der Waals surface area contributed by atoms with Crippen LogP contribution >= 0.6 is 0 Å². The molecule has 1 N–H and O–H groups in total. The van der Waals surface area contributed by atoms with Crippen LogP contribution in [0.5, 0.6) is 11.5 Å². The van der Waals surface area contributed by atoms with Crippen LogP contribution in [0.25, 0.3) is 0 Å². The molecule has 6 nitrogen and oxygen atoms in total. The number of carbonyl (C=O) groups excluding carboxylic acids is 1. The highest BCUT2D eigenvalue weighted by atomic mass is 16.6. The van der Waals surface area contributed by atoms with Gasteiger partial charge in [0.25, 0.3) is 5.91 Å². The van der Waals surface area contributed by atoms with E-state index in [2.05, 4.69) is 0 Å². The van der Waals surface area contributed by atoms with Crippen molar-refractivity contribution in [2.75, 3.05) is 13.2 Å². The molecule has 1 aromatic rings. The van der Waals surface area contributed by atoms with Gasteiger partial charge in [-0.05, 0) is 43.4 Å². The first kappa shape index (κ1) is 15.3. The molecule has 1 saturated carbocycles. The minimum atomic E-state index is -0.907. The molecule has 6 heteroatoms. The van der Waals surface area contributed by atoms with Gasteiger partial charge in [-0.3, -0.25) is 4.79 Å². The van der Waals surface area contributed by atoms with E-state index in [9.17, 15) is 14.7 Å². The molecular weight excluding hydrogens is 310 g/mol. The Balaban J connectivity index is 1.65. The number of nitrogens with zero attached hydrogens (tertiary/aromatic N) is 1. The van der Waals surface area contributed by atoms with Crippen molar-refractivity contribution < 1.29 is 24.2 Å². The van der Waals surface area contributed by atoms with Crippen LogP contribution in [-0.4, -0.2) is 47.2 Å². The molecule has 0 aromatic heterocycles. The van der Waals surface area contributed by atoms with E-state index in [4.69, 9.17) is 9.47 Å². The third kappa shape index (κ3) is 2.50. The Labute approximate surface area is 140 Å². The lowest BCUT2D eigenvalue weighted by molar-refractivity contribution is -0.141. The summed E-state index contributed by atoms with van der Waals surface area (Å²) >= 11 is 0. The molecule has 2 fully saturated rings. The van der Waals surface area contributed by atoms with E-state index in [1.165, 1.54) is 0 Å². The van der Waals surface area contributed by atoms with Gasteiger partial charge in [0.2, 0.25) is 0 Å². The second-order valence-corrected chi connectivity index (χ2v) is 6.77. The Morgan fingerprint density at radius 1 is 1.08 bits per heavy atom. The predicted octanol–water partition coefficient (Wildman–Crippen LogP) is 2.32. The van der Waals surface area contributed by atoms with Gasteiger partial charge >= 0.3 is 5.97 Å². The number of amides is 1. The van der Waals surface area contributed by atoms with Crippen molar-refractivity contribution in [2.45, 2.75) is 44.2 Å². The molecule has 2 aliphatic heterocycles. The average molecular weight is 331 g/mol. The van der Waals surface area contributed by atoms with Gasteiger partial charge in [-0.1, -0.05) is 12.8 Å². The first-order valence-corrected chi connectivity index (χ1v) is 8.60. The minimum absolute atomic E-state index is 0.0422. The smallest absolute Gasteiger partial charge is 0.326 e. The van der Waals surface area contributed by atoms with E-state index >= 15 is 0 Å². The van der Waals surface area contributed by atoms with E-state index in [0.29, 0.717) is 42.6 Å². The highest BCUT2D eigenvalue weighted by Crippen LogP contribution is 2.41. The van der Waals surface area contributed by atoms with E-state index in [1.807, 2.05) is 0 Å². The maximum absolute atomic E-state index is 13.1. The van der Waals surface area contributed by atoms with Crippen LogP contribution in [0, 0.1) is 5.92 Å². The molecule has 2 heterocycles. The monoisotopic (exact) mass is 331 g/mol. The van der Waals surface area contributed by atoms with Crippen molar-refractivity contribution in [2.24, 2.45) is 5.92 Å². The number of hydrogen-bond acceptors (Lipinski definition) is 4. The highest BCUT2D eigenvalue weighted by Gasteiger charge is 2.47. The molecule has 0 spiro atoms. The lowest BCUT2D eigenvalue weighted by Crippen LogP contribution is -2.46. The molecule has 3 atom stereocenters. The topological polar surface area (TPSA) is 76.1 Å². The van der Waals surface area contributed by atoms with Crippen molar-refractivity contribution in [3.63, 3.8) is 0 Å². The third-order valence-corrected chi connectivity index (χ3v) is 5.40. The van der Waals surface area contributed by atoms with Crippen LogP contribution in [0.1, 0.15) is 42.5 Å². The normalized spacial score (nSPS) is 28.3. The van der Waals surface area contributed by atoms with Gasteiger partial charge in [0.1, 0.15) is 19.3 Å². The molecule has 1 amide bonds. The van der Waals surface area contributed by atoms with Gasteiger partial charge in [-0.25, -0.2) is 4.79 Å². The Kier molecular flexibility index (Phi) is 3.82. The Morgan fingerprint density at radius 3 is 2.62 bits per heavy atom. The zero-order valence-electron chi connectivity index (χ0n) is 13.4. The summed E-state index contributed by atoms with van der Waals surface area (Å²) in [5.74, 6) is 0.369.